The Morgan fingerprint density at radius 2 is 0.911 bits per heavy atom. The largest absolute Gasteiger partial charge is 0.212 e. The average Bonchev–Trinajstić information content (AvgIpc) is 3.93. The Balaban J connectivity index is 0.000000206. The number of pyridine rings is 2. The number of nitrogens with zero attached hydrogens (tertiary/aromatic N) is 2. The van der Waals surface area contributed by atoms with Gasteiger partial charge in [0.25, 0.3) is 0 Å². The van der Waals surface area contributed by atoms with E-state index in [1.807, 2.05) is 101 Å². The van der Waals surface area contributed by atoms with E-state index in [1.165, 1.54) is 0 Å². The minimum Gasteiger partial charge on any atom is -0.201 e. The molecule has 0 atom stereocenters. The van der Waals surface area contributed by atoms with Crippen molar-refractivity contribution in [2.75, 3.05) is 0 Å². The van der Waals surface area contributed by atoms with Crippen molar-refractivity contribution in [2.24, 2.45) is 14.1 Å². The number of rotatable bonds is 6. The lowest BCUT2D eigenvalue weighted by atomic mass is 9.90. The second-order valence-electron chi connectivity index (χ2n) is 15.9. The first-order valence-corrected chi connectivity index (χ1v) is 20.0. The summed E-state index contributed by atoms with van der Waals surface area (Å²) in [7, 11) is 3.62. The SMILES string of the molecule is [2H]C([2H])([2H])c1c[n+](C)c(-c2cc(-c3ccc(C4([2H])CCCC4)cc3)c(C([2H])([2H])[2H])cc2C)cc1C.[2H]C([2H])([2H])c1c[n+](C)c(-c2cc(-c3cccc(C4([2H])CCCC4)c3)c(C([2H])([2H])[2H])cc2C)cc1C. The van der Waals surface area contributed by atoms with Gasteiger partial charge in [-0.1, -0.05) is 86.3 Å². The van der Waals surface area contributed by atoms with Crippen molar-refractivity contribution < 1.29 is 28.3 Å². The highest BCUT2D eigenvalue weighted by atomic mass is 14.9. The summed E-state index contributed by atoms with van der Waals surface area (Å²) in [5, 5.41) is 0. The maximum absolute atomic E-state index is 8.93. The van der Waals surface area contributed by atoms with Gasteiger partial charge >= 0.3 is 0 Å². The molecule has 2 heterocycles. The molecular weight excluding hydrogens is 677 g/mol. The molecule has 0 saturated heterocycles. The van der Waals surface area contributed by atoms with Gasteiger partial charge in [0.1, 0.15) is 14.1 Å². The molecule has 0 spiro atoms. The van der Waals surface area contributed by atoms with Crippen LogP contribution in [0.1, 0.15) is 138 Å². The molecule has 0 N–H and O–H groups in total. The van der Waals surface area contributed by atoms with Crippen molar-refractivity contribution in [3.05, 3.63) is 153 Å². The van der Waals surface area contributed by atoms with Crippen LogP contribution in [-0.4, -0.2) is 0 Å². The molecule has 0 radical (unpaired) electrons. The zero-order chi connectivity index (χ0) is 51.5. The van der Waals surface area contributed by atoms with E-state index in [0.717, 1.165) is 107 Å². The molecule has 2 fully saturated rings. The molecular formula is C54H64N2+2. The number of hydrogen-bond acceptors (Lipinski definition) is 0. The number of hydrogen-bond donors (Lipinski definition) is 0. The van der Waals surface area contributed by atoms with E-state index in [-0.39, 0.29) is 11.1 Å². The Morgan fingerprint density at radius 1 is 0.446 bits per heavy atom. The Morgan fingerprint density at radius 3 is 1.39 bits per heavy atom. The van der Waals surface area contributed by atoms with Gasteiger partial charge in [0.15, 0.2) is 12.4 Å². The van der Waals surface area contributed by atoms with Crippen LogP contribution in [0.3, 0.4) is 0 Å². The summed E-state index contributed by atoms with van der Waals surface area (Å²) in [5.41, 5.74) is 12.2. The van der Waals surface area contributed by atoms with Crippen molar-refractivity contribution in [2.45, 2.75) is 118 Å². The minimum atomic E-state index is -2.30. The zero-order valence-electron chi connectivity index (χ0n) is 47.8. The molecule has 2 aliphatic carbocycles. The van der Waals surface area contributed by atoms with E-state index < -0.39 is 39.2 Å². The lowest BCUT2D eigenvalue weighted by molar-refractivity contribution is -0.660. The fraction of sp³-hybridized carbons (Fsp3) is 0.370. The second-order valence-corrected chi connectivity index (χ2v) is 15.9. The van der Waals surface area contributed by atoms with E-state index in [1.54, 1.807) is 47.5 Å². The third-order valence-corrected chi connectivity index (χ3v) is 11.8. The Bertz CT molecular complexity index is 2910. The van der Waals surface area contributed by atoms with Gasteiger partial charge in [-0.2, -0.15) is 0 Å². The van der Waals surface area contributed by atoms with Gasteiger partial charge in [-0.05, 0) is 171 Å². The van der Waals surface area contributed by atoms with E-state index in [2.05, 4.69) is 0 Å². The van der Waals surface area contributed by atoms with Gasteiger partial charge < -0.3 is 0 Å². The lowest BCUT2D eigenvalue weighted by Crippen LogP contribution is -2.31. The third kappa shape index (κ3) is 8.31. The van der Waals surface area contributed by atoms with Crippen molar-refractivity contribution in [1.82, 2.24) is 0 Å². The predicted octanol–water partition coefficient (Wildman–Crippen LogP) is 13.5. The van der Waals surface area contributed by atoms with E-state index in [9.17, 15) is 0 Å². The molecule has 0 unspecified atom stereocenters. The van der Waals surface area contributed by atoms with Gasteiger partial charge in [-0.25, -0.2) is 9.13 Å². The standard InChI is InChI=1S/2C27H32N/c1-18-14-27(28(5)17-21(18)4)26-16-25(19(2)13-20(26)3)24-12-8-11-23(15-24)22-9-6-7-10-22;1-18-15-27(28(5)17-21(18)4)26-16-25(19(2)14-20(26)3)24-12-10-23(11-13-24)22-8-6-7-9-22/h8,11-17,22H,6-7,9-10H2,1-5H3;10-17,22H,6-9H2,1-5H3/q2*+1/i2*2D3,4D3,22D. The summed E-state index contributed by atoms with van der Waals surface area (Å²) >= 11 is 0. The molecule has 4 aromatic carbocycles. The number of aromatic nitrogens is 2. The van der Waals surface area contributed by atoms with Gasteiger partial charge in [-0.15, -0.1) is 0 Å². The fourth-order valence-corrected chi connectivity index (χ4v) is 8.45. The molecule has 56 heavy (non-hydrogen) atoms. The van der Waals surface area contributed by atoms with Crippen LogP contribution < -0.4 is 9.13 Å². The topological polar surface area (TPSA) is 7.76 Å². The molecule has 0 aliphatic heterocycles. The van der Waals surface area contributed by atoms with Crippen molar-refractivity contribution in [1.29, 1.82) is 0 Å². The number of benzene rings is 4. The van der Waals surface area contributed by atoms with Crippen LogP contribution in [0.4, 0.5) is 0 Å². The first-order chi connectivity index (χ1) is 32.4. The van der Waals surface area contributed by atoms with E-state index >= 15 is 0 Å². The molecule has 6 aromatic rings. The summed E-state index contributed by atoms with van der Waals surface area (Å²) < 4.78 is 117. The minimum absolute atomic E-state index is 0.278. The van der Waals surface area contributed by atoms with Crippen LogP contribution in [-0.2, 0) is 14.1 Å². The number of aryl methyl sites for hydroxylation is 10. The highest BCUT2D eigenvalue weighted by Crippen LogP contribution is 2.39. The van der Waals surface area contributed by atoms with Crippen molar-refractivity contribution >= 4 is 0 Å². The summed E-state index contributed by atoms with van der Waals surface area (Å²) in [4.78, 5) is 0. The van der Waals surface area contributed by atoms with Crippen LogP contribution in [0.2, 0.25) is 0 Å². The van der Waals surface area contributed by atoms with Crippen molar-refractivity contribution in [3.63, 3.8) is 0 Å². The molecule has 0 bridgehead atoms. The first-order valence-electron chi connectivity index (χ1n) is 27.0. The smallest absolute Gasteiger partial charge is 0.201 e. The third-order valence-electron chi connectivity index (χ3n) is 11.8. The van der Waals surface area contributed by atoms with Crippen LogP contribution in [0.15, 0.2) is 97.3 Å². The maximum Gasteiger partial charge on any atom is 0.212 e. The van der Waals surface area contributed by atoms with E-state index in [0.29, 0.717) is 33.4 Å². The van der Waals surface area contributed by atoms with Crippen LogP contribution in [0, 0.1) is 55.1 Å². The van der Waals surface area contributed by atoms with Gasteiger partial charge in [0.05, 0.1) is 0 Å². The summed E-state index contributed by atoms with van der Waals surface area (Å²) in [6, 6.07) is 26.5. The molecule has 2 heteroatoms. The quantitative estimate of drug-likeness (QED) is 0.150. The molecule has 8 rings (SSSR count). The first kappa shape index (κ1) is 25.4. The normalized spacial score (nSPS) is 20.3. The van der Waals surface area contributed by atoms with Crippen LogP contribution in [0.5, 0.6) is 0 Å². The predicted molar refractivity (Wildman–Crippen MR) is 237 cm³/mol. The molecule has 2 aliphatic rings. The highest BCUT2D eigenvalue weighted by molar-refractivity contribution is 5.77. The highest BCUT2D eigenvalue weighted by Gasteiger charge is 2.21. The van der Waals surface area contributed by atoms with Gasteiger partial charge in [0, 0.05) is 53.6 Å². The maximum atomic E-state index is 8.93. The van der Waals surface area contributed by atoms with Gasteiger partial charge in [0.2, 0.25) is 11.4 Å². The Hall–Kier alpha value is -4.82. The van der Waals surface area contributed by atoms with Crippen LogP contribution >= 0.6 is 0 Å². The Labute approximate surface area is 358 Å². The molecule has 0 amide bonds. The Kier molecular flexibility index (Phi) is 7.60. The van der Waals surface area contributed by atoms with Crippen LogP contribution in [0.25, 0.3) is 44.8 Å². The fourth-order valence-electron chi connectivity index (χ4n) is 8.45. The van der Waals surface area contributed by atoms with Gasteiger partial charge in [-0.3, -0.25) is 0 Å². The molecule has 2 saturated carbocycles. The van der Waals surface area contributed by atoms with E-state index in [4.69, 9.17) is 19.2 Å². The average molecular weight is 755 g/mol. The molecule has 288 valence electrons. The monoisotopic (exact) mass is 755 g/mol. The summed E-state index contributed by atoms with van der Waals surface area (Å²) in [6.45, 7) is -1.66. The lowest BCUT2D eigenvalue weighted by Gasteiger charge is -2.15. The summed E-state index contributed by atoms with van der Waals surface area (Å²) in [5.74, 6) is -1.18. The zero-order valence-corrected chi connectivity index (χ0v) is 33.8. The van der Waals surface area contributed by atoms with Crippen molar-refractivity contribution in [3.8, 4) is 44.8 Å². The molecule has 2 nitrogen and oxygen atoms in total. The second kappa shape index (κ2) is 16.7. The molecule has 2 aromatic heterocycles. The summed E-state index contributed by atoms with van der Waals surface area (Å²) in [6.07, 6.45) is 10.8.